The highest BCUT2D eigenvalue weighted by molar-refractivity contribution is 7.89. The van der Waals surface area contributed by atoms with Crippen LogP contribution in [0.15, 0.2) is 47.4 Å². The Morgan fingerprint density at radius 1 is 1.09 bits per heavy atom. The fourth-order valence-electron chi connectivity index (χ4n) is 2.72. The van der Waals surface area contributed by atoms with Crippen LogP contribution in [-0.4, -0.2) is 31.3 Å². The van der Waals surface area contributed by atoms with Crippen LogP contribution < -0.4 is 10.0 Å². The third-order valence-electron chi connectivity index (χ3n) is 4.08. The number of alkyl halides is 3. The molecule has 1 amide bonds. The van der Waals surface area contributed by atoms with Crippen molar-refractivity contribution in [3.05, 3.63) is 53.8 Å². The van der Waals surface area contributed by atoms with Crippen LogP contribution in [0.3, 0.4) is 0 Å². The van der Waals surface area contributed by atoms with Crippen molar-refractivity contribution in [2.45, 2.75) is 43.5 Å². The molecule has 0 aliphatic rings. The van der Waals surface area contributed by atoms with Gasteiger partial charge < -0.3 is 4.74 Å². The summed E-state index contributed by atoms with van der Waals surface area (Å²) in [6.07, 6.45) is -5.73. The second-order valence-corrected chi connectivity index (χ2v) is 10.7. The molecule has 3 aromatic rings. The van der Waals surface area contributed by atoms with Gasteiger partial charge in [-0.05, 0) is 56.7 Å². The molecule has 0 fully saturated rings. The lowest BCUT2D eigenvalue weighted by Gasteiger charge is -2.22. The SMILES string of the molecule is CC(C)(C)OC(=O)Nc1nc2ccc(S(=O)(=O)N[C@H](c3ccc(F)cc3)C(F)(F)F)cc2s1. The summed E-state index contributed by atoms with van der Waals surface area (Å²) in [6, 6.07) is 4.31. The first kappa shape index (κ1) is 24.9. The van der Waals surface area contributed by atoms with E-state index in [9.17, 15) is 30.8 Å². The number of rotatable bonds is 5. The maximum absolute atomic E-state index is 13.6. The van der Waals surface area contributed by atoms with E-state index in [-0.39, 0.29) is 5.13 Å². The molecule has 1 atom stereocenters. The number of halogens is 4. The second-order valence-electron chi connectivity index (χ2n) is 7.92. The molecule has 0 aliphatic heterocycles. The van der Waals surface area contributed by atoms with Crippen molar-refractivity contribution in [3.8, 4) is 0 Å². The van der Waals surface area contributed by atoms with Gasteiger partial charge in [-0.1, -0.05) is 23.5 Å². The van der Waals surface area contributed by atoms with Crippen molar-refractivity contribution >= 4 is 42.8 Å². The standard InChI is InChI=1S/C20H19F4N3O4S2/c1-19(2,3)31-18(28)26-17-25-14-9-8-13(10-15(14)32-17)33(29,30)27-16(20(22,23)24)11-4-6-12(21)7-5-11/h4-10,16,27H,1-3H3,(H,25,26,28)/t16-/m1/s1. The second kappa shape index (κ2) is 8.88. The van der Waals surface area contributed by atoms with Crippen molar-refractivity contribution in [1.29, 1.82) is 0 Å². The molecular formula is C20H19F4N3O4S2. The van der Waals surface area contributed by atoms with Crippen molar-refractivity contribution in [3.63, 3.8) is 0 Å². The fourth-order valence-corrected chi connectivity index (χ4v) is 4.92. The highest BCUT2D eigenvalue weighted by atomic mass is 32.2. The average Bonchev–Trinajstić information content (AvgIpc) is 3.05. The third-order valence-corrected chi connectivity index (χ3v) is 6.44. The molecule has 7 nitrogen and oxygen atoms in total. The average molecular weight is 506 g/mol. The van der Waals surface area contributed by atoms with Crippen molar-refractivity contribution in [2.75, 3.05) is 5.32 Å². The van der Waals surface area contributed by atoms with Crippen molar-refractivity contribution < 1.29 is 35.5 Å². The predicted molar refractivity (Wildman–Crippen MR) is 115 cm³/mol. The number of thiazole rings is 1. The van der Waals surface area contributed by atoms with Crippen LogP contribution in [0.25, 0.3) is 10.2 Å². The Labute approximate surface area is 190 Å². The Kier molecular flexibility index (Phi) is 6.69. The molecule has 2 aromatic carbocycles. The molecule has 0 saturated heterocycles. The lowest BCUT2D eigenvalue weighted by Crippen LogP contribution is -2.38. The highest BCUT2D eigenvalue weighted by Gasteiger charge is 2.43. The molecule has 1 aromatic heterocycles. The number of fused-ring (bicyclic) bond motifs is 1. The summed E-state index contributed by atoms with van der Waals surface area (Å²) in [7, 11) is -4.63. The van der Waals surface area contributed by atoms with Gasteiger partial charge >= 0.3 is 12.3 Å². The van der Waals surface area contributed by atoms with E-state index in [2.05, 4.69) is 10.3 Å². The molecule has 0 spiro atoms. The fraction of sp³-hybridized carbons (Fsp3) is 0.300. The first-order valence-electron chi connectivity index (χ1n) is 9.39. The molecule has 33 heavy (non-hydrogen) atoms. The molecule has 0 unspecified atom stereocenters. The number of ether oxygens (including phenoxy) is 1. The van der Waals surface area contributed by atoms with E-state index < -0.39 is 50.2 Å². The summed E-state index contributed by atoms with van der Waals surface area (Å²) in [5.41, 5.74) is -0.876. The van der Waals surface area contributed by atoms with Gasteiger partial charge in [-0.15, -0.1) is 0 Å². The van der Waals surface area contributed by atoms with Gasteiger partial charge in [-0.25, -0.2) is 22.6 Å². The molecule has 178 valence electrons. The largest absolute Gasteiger partial charge is 0.444 e. The number of anilines is 1. The molecule has 13 heteroatoms. The zero-order valence-corrected chi connectivity index (χ0v) is 19.2. The minimum absolute atomic E-state index is 0.126. The minimum Gasteiger partial charge on any atom is -0.444 e. The zero-order valence-electron chi connectivity index (χ0n) is 17.5. The quantitative estimate of drug-likeness (QED) is 0.455. The number of sulfonamides is 1. The summed E-state index contributed by atoms with van der Waals surface area (Å²) in [5, 5.41) is 2.55. The smallest absolute Gasteiger partial charge is 0.413 e. The minimum atomic E-state index is -4.97. The van der Waals surface area contributed by atoms with Crippen LogP contribution in [0.4, 0.5) is 27.5 Å². The monoisotopic (exact) mass is 505 g/mol. The molecule has 0 aliphatic carbocycles. The maximum atomic E-state index is 13.6. The van der Waals surface area contributed by atoms with E-state index in [1.165, 1.54) is 6.07 Å². The first-order chi connectivity index (χ1) is 15.1. The van der Waals surface area contributed by atoms with Crippen molar-refractivity contribution in [2.24, 2.45) is 0 Å². The van der Waals surface area contributed by atoms with Gasteiger partial charge in [0, 0.05) is 0 Å². The number of nitrogens with one attached hydrogen (secondary N) is 2. The number of hydrogen-bond acceptors (Lipinski definition) is 6. The van der Waals surface area contributed by atoms with Crippen LogP contribution in [0.2, 0.25) is 0 Å². The summed E-state index contributed by atoms with van der Waals surface area (Å²) in [5.74, 6) is -0.756. The number of nitrogens with zero attached hydrogens (tertiary/aromatic N) is 1. The Morgan fingerprint density at radius 2 is 1.73 bits per heavy atom. The van der Waals surface area contributed by atoms with Crippen LogP contribution in [-0.2, 0) is 14.8 Å². The van der Waals surface area contributed by atoms with E-state index in [0.29, 0.717) is 10.2 Å². The topological polar surface area (TPSA) is 97.4 Å². The Morgan fingerprint density at radius 3 is 2.30 bits per heavy atom. The summed E-state index contributed by atoms with van der Waals surface area (Å²) in [4.78, 5) is 15.6. The lowest BCUT2D eigenvalue weighted by atomic mass is 10.1. The molecule has 0 radical (unpaired) electrons. The highest BCUT2D eigenvalue weighted by Crippen LogP contribution is 2.35. The number of benzene rings is 2. The van der Waals surface area contributed by atoms with Gasteiger partial charge in [0.15, 0.2) is 5.13 Å². The normalized spacial score (nSPS) is 13.7. The third kappa shape index (κ3) is 6.39. The van der Waals surface area contributed by atoms with Crippen LogP contribution in [0.1, 0.15) is 32.4 Å². The summed E-state index contributed by atoms with van der Waals surface area (Å²) < 4.78 is 86.3. The Balaban J connectivity index is 1.87. The number of carbonyl (C=O) groups excluding carboxylic acids is 1. The molecular weight excluding hydrogens is 486 g/mol. The predicted octanol–water partition coefficient (Wildman–Crippen LogP) is 5.36. The zero-order chi connectivity index (χ0) is 24.6. The van der Waals surface area contributed by atoms with Gasteiger partial charge in [0.25, 0.3) is 0 Å². The number of carbonyl (C=O) groups is 1. The van der Waals surface area contributed by atoms with Gasteiger partial charge in [-0.3, -0.25) is 5.32 Å². The van der Waals surface area contributed by atoms with Crippen LogP contribution in [0, 0.1) is 5.82 Å². The van der Waals surface area contributed by atoms with E-state index in [1.54, 1.807) is 25.5 Å². The molecule has 3 rings (SSSR count). The van der Waals surface area contributed by atoms with Crippen LogP contribution >= 0.6 is 11.3 Å². The van der Waals surface area contributed by atoms with E-state index >= 15 is 0 Å². The van der Waals surface area contributed by atoms with Gasteiger partial charge in [0.1, 0.15) is 17.5 Å². The van der Waals surface area contributed by atoms with Gasteiger partial charge in [0.2, 0.25) is 10.0 Å². The number of hydrogen-bond donors (Lipinski definition) is 2. The molecule has 0 saturated carbocycles. The molecule has 2 N–H and O–H groups in total. The Bertz CT molecular complexity index is 1270. The summed E-state index contributed by atoms with van der Waals surface area (Å²) >= 11 is 0.925. The number of amides is 1. The summed E-state index contributed by atoms with van der Waals surface area (Å²) in [6.45, 7) is 5.03. The van der Waals surface area contributed by atoms with Gasteiger partial charge in [0.05, 0.1) is 15.1 Å². The van der Waals surface area contributed by atoms with Crippen LogP contribution in [0.5, 0.6) is 0 Å². The van der Waals surface area contributed by atoms with Gasteiger partial charge in [-0.2, -0.15) is 17.9 Å². The Hall–Kier alpha value is -2.77. The van der Waals surface area contributed by atoms with Crippen molar-refractivity contribution in [1.82, 2.24) is 9.71 Å². The van der Waals surface area contributed by atoms with E-state index in [0.717, 1.165) is 47.7 Å². The maximum Gasteiger partial charge on any atom is 0.413 e. The van der Waals surface area contributed by atoms with E-state index in [1.807, 2.05) is 0 Å². The molecule has 1 heterocycles. The first-order valence-corrected chi connectivity index (χ1v) is 11.7. The van der Waals surface area contributed by atoms with E-state index in [4.69, 9.17) is 4.74 Å². The lowest BCUT2D eigenvalue weighted by molar-refractivity contribution is -0.153. The number of aromatic nitrogens is 1. The molecule has 0 bridgehead atoms.